The number of aromatic nitrogens is 1. The Bertz CT molecular complexity index is 753. The van der Waals surface area contributed by atoms with Gasteiger partial charge in [0.15, 0.2) is 0 Å². The quantitative estimate of drug-likeness (QED) is 0.814. The van der Waals surface area contributed by atoms with E-state index in [0.29, 0.717) is 11.3 Å². The molecule has 5 nitrogen and oxygen atoms in total. The first-order chi connectivity index (χ1) is 10.8. The summed E-state index contributed by atoms with van der Waals surface area (Å²) < 4.78 is 4.68. The Morgan fingerprint density at radius 3 is 2.52 bits per heavy atom. The molecule has 0 radical (unpaired) electrons. The lowest BCUT2D eigenvalue weighted by atomic mass is 10.1. The Hall–Kier alpha value is -2.43. The van der Waals surface area contributed by atoms with E-state index in [9.17, 15) is 9.59 Å². The van der Waals surface area contributed by atoms with Gasteiger partial charge in [-0.15, -0.1) is 0 Å². The maximum atomic E-state index is 12.9. The highest BCUT2D eigenvalue weighted by atomic mass is 16.5. The number of amides is 1. The van der Waals surface area contributed by atoms with Crippen LogP contribution in [0.3, 0.4) is 0 Å². The molecule has 0 spiro atoms. The number of hydrogen-bond acceptors (Lipinski definition) is 4. The maximum absolute atomic E-state index is 12.9. The van der Waals surface area contributed by atoms with E-state index in [0.717, 1.165) is 16.5 Å². The molecule has 0 aliphatic heterocycles. The fourth-order valence-electron chi connectivity index (χ4n) is 2.46. The third-order valence-electron chi connectivity index (χ3n) is 3.80. The van der Waals surface area contributed by atoms with Crippen LogP contribution in [0.15, 0.2) is 24.3 Å². The number of fused-ring (bicyclic) bond motifs is 1. The van der Waals surface area contributed by atoms with Gasteiger partial charge in [0.2, 0.25) is 0 Å². The van der Waals surface area contributed by atoms with Crippen LogP contribution >= 0.6 is 0 Å². The summed E-state index contributed by atoms with van der Waals surface area (Å²) in [5.74, 6) is -0.645. The Labute approximate surface area is 136 Å². The van der Waals surface area contributed by atoms with Crippen LogP contribution in [0.2, 0.25) is 0 Å². The van der Waals surface area contributed by atoms with Crippen LogP contribution in [-0.2, 0) is 9.53 Å². The molecule has 2 rings (SSSR count). The average Bonchev–Trinajstić information content (AvgIpc) is 2.51. The standard InChI is InChI=1S/C18H22N2O3/c1-11(2)20(10-17(21)23-5)18(22)15-9-14-8-12(3)6-7-16(14)19-13(15)4/h6-9,11H,10H2,1-5H3. The molecule has 0 fully saturated rings. The molecule has 5 heteroatoms. The number of esters is 1. The number of rotatable bonds is 4. The zero-order valence-electron chi connectivity index (χ0n) is 14.2. The highest BCUT2D eigenvalue weighted by molar-refractivity contribution is 6.00. The van der Waals surface area contributed by atoms with Gasteiger partial charge in [-0.1, -0.05) is 11.6 Å². The molecular weight excluding hydrogens is 292 g/mol. The molecule has 0 N–H and O–H groups in total. The molecule has 0 aliphatic rings. The van der Waals surface area contributed by atoms with Crippen molar-refractivity contribution in [2.45, 2.75) is 33.7 Å². The summed E-state index contributed by atoms with van der Waals surface area (Å²) in [6.07, 6.45) is 0. The fraction of sp³-hybridized carbons (Fsp3) is 0.389. The van der Waals surface area contributed by atoms with Crippen molar-refractivity contribution in [3.05, 3.63) is 41.1 Å². The third-order valence-corrected chi connectivity index (χ3v) is 3.80. The number of hydrogen-bond donors (Lipinski definition) is 0. The first-order valence-electron chi connectivity index (χ1n) is 7.59. The highest BCUT2D eigenvalue weighted by Gasteiger charge is 2.24. The molecule has 0 saturated heterocycles. The molecule has 1 aromatic carbocycles. The number of carbonyl (C=O) groups excluding carboxylic acids is 2. The molecule has 0 aliphatic carbocycles. The maximum Gasteiger partial charge on any atom is 0.325 e. The average molecular weight is 314 g/mol. The van der Waals surface area contributed by atoms with Crippen molar-refractivity contribution < 1.29 is 14.3 Å². The lowest BCUT2D eigenvalue weighted by Crippen LogP contribution is -2.41. The van der Waals surface area contributed by atoms with Gasteiger partial charge in [0.1, 0.15) is 6.54 Å². The summed E-state index contributed by atoms with van der Waals surface area (Å²) in [5.41, 5.74) is 3.13. The Kier molecular flexibility index (Phi) is 4.98. The summed E-state index contributed by atoms with van der Waals surface area (Å²) in [7, 11) is 1.32. The van der Waals surface area contributed by atoms with Crippen LogP contribution in [0.5, 0.6) is 0 Å². The predicted molar refractivity (Wildman–Crippen MR) is 89.4 cm³/mol. The van der Waals surface area contributed by atoms with Gasteiger partial charge >= 0.3 is 5.97 Å². The van der Waals surface area contributed by atoms with Crippen molar-refractivity contribution >= 4 is 22.8 Å². The Balaban J connectivity index is 2.45. The van der Waals surface area contributed by atoms with E-state index < -0.39 is 5.97 Å². The molecule has 23 heavy (non-hydrogen) atoms. The minimum absolute atomic E-state index is 0.0711. The summed E-state index contributed by atoms with van der Waals surface area (Å²) in [5, 5.41) is 0.917. The summed E-state index contributed by atoms with van der Waals surface area (Å²) in [6.45, 7) is 7.48. The van der Waals surface area contributed by atoms with Gasteiger partial charge < -0.3 is 9.64 Å². The van der Waals surface area contributed by atoms with E-state index >= 15 is 0 Å². The third kappa shape index (κ3) is 3.67. The van der Waals surface area contributed by atoms with E-state index in [2.05, 4.69) is 9.72 Å². The normalized spacial score (nSPS) is 10.9. The minimum atomic E-state index is -0.436. The van der Waals surface area contributed by atoms with E-state index in [1.807, 2.05) is 52.0 Å². The molecule has 0 unspecified atom stereocenters. The molecule has 0 atom stereocenters. The smallest absolute Gasteiger partial charge is 0.325 e. The molecule has 0 saturated carbocycles. The lowest BCUT2D eigenvalue weighted by Gasteiger charge is -2.26. The largest absolute Gasteiger partial charge is 0.468 e. The van der Waals surface area contributed by atoms with Gasteiger partial charge in [0.05, 0.1) is 23.9 Å². The second-order valence-corrected chi connectivity index (χ2v) is 5.92. The van der Waals surface area contributed by atoms with Crippen LogP contribution in [0.25, 0.3) is 10.9 Å². The number of nitrogens with zero attached hydrogens (tertiary/aromatic N) is 2. The minimum Gasteiger partial charge on any atom is -0.468 e. The van der Waals surface area contributed by atoms with Crippen molar-refractivity contribution in [2.75, 3.05) is 13.7 Å². The van der Waals surface area contributed by atoms with Gasteiger partial charge in [0, 0.05) is 11.4 Å². The van der Waals surface area contributed by atoms with E-state index in [-0.39, 0.29) is 18.5 Å². The Morgan fingerprint density at radius 1 is 1.22 bits per heavy atom. The molecule has 0 bridgehead atoms. The zero-order chi connectivity index (χ0) is 17.1. The number of methoxy groups -OCH3 is 1. The number of ether oxygens (including phenoxy) is 1. The SMILES string of the molecule is COC(=O)CN(C(=O)c1cc2cc(C)ccc2nc1C)C(C)C. The van der Waals surface area contributed by atoms with E-state index in [1.54, 1.807) is 0 Å². The number of benzene rings is 1. The molecule has 1 heterocycles. The molecular formula is C18H22N2O3. The predicted octanol–water partition coefficient (Wildman–Crippen LogP) is 2.88. The zero-order valence-corrected chi connectivity index (χ0v) is 14.2. The second kappa shape index (κ2) is 6.77. The van der Waals surface area contributed by atoms with E-state index in [1.165, 1.54) is 12.0 Å². The van der Waals surface area contributed by atoms with Crippen LogP contribution < -0.4 is 0 Å². The van der Waals surface area contributed by atoms with Crippen molar-refractivity contribution in [3.8, 4) is 0 Å². The second-order valence-electron chi connectivity index (χ2n) is 5.92. The van der Waals surface area contributed by atoms with Gasteiger partial charge in [-0.05, 0) is 45.9 Å². The van der Waals surface area contributed by atoms with Gasteiger partial charge in [-0.25, -0.2) is 0 Å². The van der Waals surface area contributed by atoms with Crippen LogP contribution in [-0.4, -0.2) is 41.5 Å². The monoisotopic (exact) mass is 314 g/mol. The summed E-state index contributed by atoms with van der Waals surface area (Å²) >= 11 is 0. The molecule has 2 aromatic rings. The lowest BCUT2D eigenvalue weighted by molar-refractivity contribution is -0.141. The topological polar surface area (TPSA) is 59.5 Å². The summed E-state index contributed by atoms with van der Waals surface area (Å²) in [6, 6.07) is 7.67. The van der Waals surface area contributed by atoms with Crippen LogP contribution in [0.1, 0.15) is 35.5 Å². The highest BCUT2D eigenvalue weighted by Crippen LogP contribution is 2.20. The fourth-order valence-corrected chi connectivity index (χ4v) is 2.46. The van der Waals surface area contributed by atoms with Crippen molar-refractivity contribution in [1.29, 1.82) is 0 Å². The molecule has 122 valence electrons. The van der Waals surface area contributed by atoms with Crippen molar-refractivity contribution in [3.63, 3.8) is 0 Å². The van der Waals surface area contributed by atoms with Crippen molar-refractivity contribution in [2.24, 2.45) is 0 Å². The van der Waals surface area contributed by atoms with Crippen LogP contribution in [0.4, 0.5) is 0 Å². The number of pyridine rings is 1. The van der Waals surface area contributed by atoms with Gasteiger partial charge in [-0.3, -0.25) is 14.6 Å². The van der Waals surface area contributed by atoms with Gasteiger partial charge in [0.25, 0.3) is 5.91 Å². The van der Waals surface area contributed by atoms with Gasteiger partial charge in [-0.2, -0.15) is 0 Å². The number of carbonyl (C=O) groups is 2. The summed E-state index contributed by atoms with van der Waals surface area (Å²) in [4.78, 5) is 30.5. The van der Waals surface area contributed by atoms with Crippen LogP contribution in [0, 0.1) is 13.8 Å². The first kappa shape index (κ1) is 16.9. The number of aryl methyl sites for hydroxylation is 2. The molecule has 1 amide bonds. The first-order valence-corrected chi connectivity index (χ1v) is 7.59. The van der Waals surface area contributed by atoms with E-state index in [4.69, 9.17) is 0 Å². The Morgan fingerprint density at radius 2 is 1.91 bits per heavy atom. The molecule has 1 aromatic heterocycles. The van der Waals surface area contributed by atoms with Crippen molar-refractivity contribution in [1.82, 2.24) is 9.88 Å².